The average Bonchev–Trinajstić information content (AvgIpc) is 2.65. The number of nitrogens with zero attached hydrogens (tertiary/aromatic N) is 1. The first-order valence-corrected chi connectivity index (χ1v) is 6.84. The van der Waals surface area contributed by atoms with Gasteiger partial charge in [-0.3, -0.25) is 0 Å². The Kier molecular flexibility index (Phi) is 4.89. The molecule has 0 aromatic rings. The van der Waals surface area contributed by atoms with Gasteiger partial charge in [0.15, 0.2) is 0 Å². The average molecular weight is 247 g/mol. The molecule has 1 saturated carbocycles. The molecule has 1 heterocycles. The lowest BCUT2D eigenvalue weighted by atomic mass is 10.1. The maximum absolute atomic E-state index is 6.24. The Hall–Kier alpha value is 0.170. The van der Waals surface area contributed by atoms with Crippen LogP contribution in [-0.4, -0.2) is 56.2 Å². The second kappa shape index (κ2) is 6.20. The number of likely N-dealkylation sites (N-methyl/N-ethyl adjacent to an activating group) is 1. The van der Waals surface area contributed by atoms with E-state index in [1.54, 1.807) is 0 Å². The molecule has 3 unspecified atom stereocenters. The van der Waals surface area contributed by atoms with Crippen LogP contribution >= 0.6 is 11.6 Å². The van der Waals surface area contributed by atoms with E-state index in [-0.39, 0.29) is 0 Å². The molecule has 94 valence electrons. The molecule has 2 aliphatic rings. The zero-order chi connectivity index (χ0) is 11.4. The molecule has 3 atom stereocenters. The Bertz CT molecular complexity index is 215. The summed E-state index contributed by atoms with van der Waals surface area (Å²) >= 11 is 6.24. The van der Waals surface area contributed by atoms with E-state index in [4.69, 9.17) is 16.3 Å². The van der Waals surface area contributed by atoms with Crippen LogP contribution in [-0.2, 0) is 4.74 Å². The molecule has 3 nitrogen and oxygen atoms in total. The van der Waals surface area contributed by atoms with Crippen LogP contribution < -0.4 is 5.32 Å². The Labute approximate surface area is 103 Å². The molecule has 1 saturated heterocycles. The molecule has 0 spiro atoms. The minimum Gasteiger partial charge on any atom is -0.374 e. The van der Waals surface area contributed by atoms with Crippen LogP contribution in [0, 0.1) is 5.92 Å². The van der Waals surface area contributed by atoms with Crippen molar-refractivity contribution in [3.8, 4) is 0 Å². The van der Waals surface area contributed by atoms with Gasteiger partial charge in [0.2, 0.25) is 0 Å². The quantitative estimate of drug-likeness (QED) is 0.758. The van der Waals surface area contributed by atoms with Crippen molar-refractivity contribution in [3.05, 3.63) is 0 Å². The second-order valence-corrected chi connectivity index (χ2v) is 5.68. The molecule has 0 radical (unpaired) electrons. The number of hydrogen-bond acceptors (Lipinski definition) is 3. The molecule has 0 bridgehead atoms. The topological polar surface area (TPSA) is 24.5 Å². The smallest absolute Gasteiger partial charge is 0.0826 e. The van der Waals surface area contributed by atoms with E-state index in [1.165, 1.54) is 19.3 Å². The monoisotopic (exact) mass is 246 g/mol. The van der Waals surface area contributed by atoms with Gasteiger partial charge < -0.3 is 15.0 Å². The molecule has 1 aliphatic carbocycles. The van der Waals surface area contributed by atoms with Crippen molar-refractivity contribution < 1.29 is 4.74 Å². The number of nitrogens with one attached hydrogen (secondary N) is 1. The highest BCUT2D eigenvalue weighted by atomic mass is 35.5. The fraction of sp³-hybridized carbons (Fsp3) is 1.00. The van der Waals surface area contributed by atoms with Crippen LogP contribution in [0.1, 0.15) is 19.3 Å². The van der Waals surface area contributed by atoms with Gasteiger partial charge in [0, 0.05) is 25.0 Å². The SMILES string of the molecule is CN1CCOC(CNCC2CCCC2Cl)C1. The normalized spacial score (nSPS) is 36.8. The van der Waals surface area contributed by atoms with Crippen LogP contribution in [0.5, 0.6) is 0 Å². The standard InChI is InChI=1S/C12H23ClN2O/c1-15-5-6-16-11(9-15)8-14-7-10-3-2-4-12(10)13/h10-12,14H,2-9H2,1H3. The minimum absolute atomic E-state index is 0.355. The first-order chi connectivity index (χ1) is 7.75. The molecule has 2 fully saturated rings. The molecule has 4 heteroatoms. The summed E-state index contributed by atoms with van der Waals surface area (Å²) in [5, 5.41) is 3.90. The fourth-order valence-corrected chi connectivity index (χ4v) is 3.01. The van der Waals surface area contributed by atoms with Crippen molar-refractivity contribution in [1.29, 1.82) is 0 Å². The summed E-state index contributed by atoms with van der Waals surface area (Å²) in [6, 6.07) is 0. The highest BCUT2D eigenvalue weighted by Crippen LogP contribution is 2.29. The molecular formula is C12H23ClN2O. The fourth-order valence-electron chi connectivity index (χ4n) is 2.64. The van der Waals surface area contributed by atoms with E-state index < -0.39 is 0 Å². The first-order valence-electron chi connectivity index (χ1n) is 6.40. The van der Waals surface area contributed by atoms with E-state index in [0.29, 0.717) is 17.4 Å². The van der Waals surface area contributed by atoms with E-state index in [2.05, 4.69) is 17.3 Å². The van der Waals surface area contributed by atoms with Crippen LogP contribution in [0.4, 0.5) is 0 Å². The van der Waals surface area contributed by atoms with Gasteiger partial charge in [-0.1, -0.05) is 6.42 Å². The number of halogens is 1. The van der Waals surface area contributed by atoms with Gasteiger partial charge in [0.25, 0.3) is 0 Å². The highest BCUT2D eigenvalue weighted by Gasteiger charge is 2.25. The van der Waals surface area contributed by atoms with Crippen molar-refractivity contribution in [2.75, 3.05) is 39.8 Å². The van der Waals surface area contributed by atoms with Gasteiger partial charge in [-0.2, -0.15) is 0 Å². The minimum atomic E-state index is 0.355. The lowest BCUT2D eigenvalue weighted by Gasteiger charge is -2.30. The van der Waals surface area contributed by atoms with Gasteiger partial charge in [-0.05, 0) is 32.4 Å². The van der Waals surface area contributed by atoms with Gasteiger partial charge in [0.1, 0.15) is 0 Å². The summed E-state index contributed by atoms with van der Waals surface area (Å²) in [4.78, 5) is 2.33. The number of ether oxygens (including phenoxy) is 1. The Morgan fingerprint density at radius 1 is 1.38 bits per heavy atom. The number of alkyl halides is 1. The Morgan fingerprint density at radius 3 is 2.94 bits per heavy atom. The van der Waals surface area contributed by atoms with Gasteiger partial charge >= 0.3 is 0 Å². The molecule has 2 rings (SSSR count). The van der Waals surface area contributed by atoms with Crippen molar-refractivity contribution in [1.82, 2.24) is 10.2 Å². The molecule has 1 aliphatic heterocycles. The summed E-state index contributed by atoms with van der Waals surface area (Å²) in [7, 11) is 2.15. The summed E-state index contributed by atoms with van der Waals surface area (Å²) in [5.74, 6) is 0.669. The van der Waals surface area contributed by atoms with Crippen LogP contribution in [0.25, 0.3) is 0 Å². The zero-order valence-electron chi connectivity index (χ0n) is 10.1. The molecule has 0 aromatic heterocycles. The van der Waals surface area contributed by atoms with Crippen molar-refractivity contribution in [2.24, 2.45) is 5.92 Å². The predicted octanol–water partition coefficient (Wildman–Crippen LogP) is 1.31. The molecule has 0 amide bonds. The molecular weight excluding hydrogens is 224 g/mol. The van der Waals surface area contributed by atoms with Crippen LogP contribution in [0.15, 0.2) is 0 Å². The largest absolute Gasteiger partial charge is 0.374 e. The second-order valence-electron chi connectivity index (χ2n) is 5.12. The highest BCUT2D eigenvalue weighted by molar-refractivity contribution is 6.20. The molecule has 1 N–H and O–H groups in total. The van der Waals surface area contributed by atoms with Crippen molar-refractivity contribution >= 4 is 11.6 Å². The molecule has 16 heavy (non-hydrogen) atoms. The lowest BCUT2D eigenvalue weighted by Crippen LogP contribution is -2.45. The third-order valence-corrected chi connectivity index (χ3v) is 4.26. The summed E-state index contributed by atoms with van der Waals surface area (Å²) < 4.78 is 5.70. The van der Waals surface area contributed by atoms with Crippen molar-refractivity contribution in [2.45, 2.75) is 30.7 Å². The summed E-state index contributed by atoms with van der Waals surface area (Å²) in [6.45, 7) is 4.98. The van der Waals surface area contributed by atoms with E-state index in [0.717, 1.165) is 32.8 Å². The van der Waals surface area contributed by atoms with Gasteiger partial charge in [0.05, 0.1) is 12.7 Å². The predicted molar refractivity (Wildman–Crippen MR) is 67.1 cm³/mol. The number of morpholine rings is 1. The zero-order valence-corrected chi connectivity index (χ0v) is 10.9. The van der Waals surface area contributed by atoms with Crippen LogP contribution in [0.2, 0.25) is 0 Å². The molecule has 0 aromatic carbocycles. The maximum Gasteiger partial charge on any atom is 0.0826 e. The first kappa shape index (κ1) is 12.6. The lowest BCUT2D eigenvalue weighted by molar-refractivity contribution is -0.0183. The number of rotatable bonds is 4. The van der Waals surface area contributed by atoms with E-state index >= 15 is 0 Å². The van der Waals surface area contributed by atoms with Gasteiger partial charge in [-0.15, -0.1) is 11.6 Å². The van der Waals surface area contributed by atoms with Crippen LogP contribution in [0.3, 0.4) is 0 Å². The van der Waals surface area contributed by atoms with E-state index in [9.17, 15) is 0 Å². The van der Waals surface area contributed by atoms with E-state index in [1.807, 2.05) is 0 Å². The Balaban J connectivity index is 1.60. The summed E-state index contributed by atoms with van der Waals surface area (Å²) in [5.41, 5.74) is 0. The Morgan fingerprint density at radius 2 is 2.25 bits per heavy atom. The summed E-state index contributed by atoms with van der Waals surface area (Å²) in [6.07, 6.45) is 4.13. The maximum atomic E-state index is 6.24. The van der Waals surface area contributed by atoms with Gasteiger partial charge in [-0.25, -0.2) is 0 Å². The van der Waals surface area contributed by atoms with Crippen molar-refractivity contribution in [3.63, 3.8) is 0 Å². The third kappa shape index (κ3) is 3.59. The number of hydrogen-bond donors (Lipinski definition) is 1. The third-order valence-electron chi connectivity index (χ3n) is 3.69.